The molecule has 0 fully saturated rings. The molecule has 1 amide bonds. The predicted molar refractivity (Wildman–Crippen MR) is 89.3 cm³/mol. The molecule has 0 saturated carbocycles. The third-order valence-electron chi connectivity index (χ3n) is 3.55. The molecule has 1 heterocycles. The molecule has 1 aromatic carbocycles. The van der Waals surface area contributed by atoms with E-state index in [2.05, 4.69) is 10.3 Å². The summed E-state index contributed by atoms with van der Waals surface area (Å²) in [4.78, 5) is 35.6. The van der Waals surface area contributed by atoms with Gasteiger partial charge in [0.25, 0.3) is 5.91 Å². The fourth-order valence-electron chi connectivity index (χ4n) is 2.60. The monoisotopic (exact) mass is 369 g/mol. The average molecular weight is 369 g/mol. The van der Waals surface area contributed by atoms with Gasteiger partial charge in [0, 0.05) is 35.5 Å². The summed E-state index contributed by atoms with van der Waals surface area (Å²) in [6.45, 7) is 0.705. The lowest BCUT2D eigenvalue weighted by Crippen LogP contribution is -2.29. The summed E-state index contributed by atoms with van der Waals surface area (Å²) in [6.07, 6.45) is -0.189. The normalized spacial score (nSPS) is 12.6. The fraction of sp³-hybridized carbons (Fsp3) is 0.286. The van der Waals surface area contributed by atoms with Gasteiger partial charge in [0.2, 0.25) is 0 Å². The number of hydrogen-bond donors (Lipinski definition) is 4. The average Bonchev–Trinajstić information content (AvgIpc) is 3.10. The second kappa shape index (κ2) is 6.62. The zero-order chi connectivity index (χ0) is 17.3. The van der Waals surface area contributed by atoms with Crippen LogP contribution in [0.3, 0.4) is 0 Å². The maximum atomic E-state index is 12.3. The second-order valence-corrected chi connectivity index (χ2v) is 7.78. The first-order valence-electron chi connectivity index (χ1n) is 7.15. The van der Waals surface area contributed by atoms with Gasteiger partial charge in [0.15, 0.2) is 6.35 Å². The van der Waals surface area contributed by atoms with Crippen LogP contribution in [0.5, 0.6) is 5.75 Å². The molecule has 0 saturated heterocycles. The number of nitrogens with zero attached hydrogens (tertiary/aromatic N) is 1. The van der Waals surface area contributed by atoms with Crippen LogP contribution in [0.25, 0.3) is 11.3 Å². The van der Waals surface area contributed by atoms with Gasteiger partial charge in [-0.3, -0.25) is 9.36 Å². The van der Waals surface area contributed by atoms with E-state index < -0.39 is 13.9 Å². The zero-order valence-electron chi connectivity index (χ0n) is 12.6. The molecule has 1 aliphatic carbocycles. The number of benzene rings is 1. The number of carbonyl (C=O) groups excluding carboxylic acids is 1. The van der Waals surface area contributed by atoms with E-state index in [4.69, 9.17) is 20.3 Å². The van der Waals surface area contributed by atoms with Crippen molar-refractivity contribution in [3.63, 3.8) is 0 Å². The number of nitrogens with two attached hydrogens (primary N) is 1. The number of fused-ring (bicyclic) bond motifs is 3. The first kappa shape index (κ1) is 17.1. The Balaban J connectivity index is 2.00. The van der Waals surface area contributed by atoms with Crippen LogP contribution in [0.1, 0.15) is 20.8 Å². The lowest BCUT2D eigenvalue weighted by atomic mass is 10.0. The van der Waals surface area contributed by atoms with Gasteiger partial charge in [-0.25, -0.2) is 4.98 Å². The summed E-state index contributed by atoms with van der Waals surface area (Å²) in [5.74, 6) is 0.0711. The lowest BCUT2D eigenvalue weighted by molar-refractivity contribution is 0.0954. The molecule has 3 rings (SSSR count). The van der Waals surface area contributed by atoms with Gasteiger partial charge in [-0.2, -0.15) is 0 Å². The van der Waals surface area contributed by atoms with Crippen molar-refractivity contribution in [1.29, 1.82) is 0 Å². The number of ether oxygens (including phenoxy) is 1. The minimum atomic E-state index is -4.30. The Morgan fingerprint density at radius 3 is 2.96 bits per heavy atom. The molecule has 0 radical (unpaired) electrons. The largest absolute Gasteiger partial charge is 0.480 e. The third kappa shape index (κ3) is 3.35. The second-order valence-electron chi connectivity index (χ2n) is 5.25. The summed E-state index contributed by atoms with van der Waals surface area (Å²) in [5, 5.41) is 2.73. The number of nitrogens with one attached hydrogen (secondary N) is 1. The Labute approximate surface area is 141 Å². The smallest absolute Gasteiger partial charge is 0.362 e. The molecule has 8 nitrogen and oxygen atoms in total. The molecular weight excluding hydrogens is 353 g/mol. The molecule has 0 aliphatic heterocycles. The van der Waals surface area contributed by atoms with Crippen molar-refractivity contribution >= 4 is 24.8 Å². The summed E-state index contributed by atoms with van der Waals surface area (Å²) in [7, 11) is -4.30. The number of carbonyl (C=O) groups is 1. The van der Waals surface area contributed by atoms with Gasteiger partial charge in [-0.1, -0.05) is 0 Å². The van der Waals surface area contributed by atoms with Crippen LogP contribution in [-0.2, 0) is 11.0 Å². The zero-order valence-corrected chi connectivity index (χ0v) is 14.3. The van der Waals surface area contributed by atoms with Crippen LogP contribution >= 0.6 is 18.9 Å². The SMILES string of the molecule is NCCNC(=O)c1ccc(OCP(=O)(O)O)c2c1Cc1scnc1-2. The van der Waals surface area contributed by atoms with Crippen LogP contribution in [0, 0.1) is 0 Å². The van der Waals surface area contributed by atoms with E-state index in [0.717, 1.165) is 10.4 Å². The minimum Gasteiger partial charge on any atom is -0.480 e. The number of amides is 1. The van der Waals surface area contributed by atoms with Gasteiger partial charge in [-0.15, -0.1) is 11.3 Å². The van der Waals surface area contributed by atoms with Crippen LogP contribution in [0.2, 0.25) is 0 Å². The Morgan fingerprint density at radius 2 is 2.25 bits per heavy atom. The van der Waals surface area contributed by atoms with Crippen molar-refractivity contribution in [1.82, 2.24) is 10.3 Å². The quantitative estimate of drug-likeness (QED) is 0.475. The van der Waals surface area contributed by atoms with Gasteiger partial charge in [0.05, 0.1) is 11.2 Å². The number of hydrogen-bond acceptors (Lipinski definition) is 6. The van der Waals surface area contributed by atoms with Crippen molar-refractivity contribution in [2.45, 2.75) is 6.42 Å². The molecule has 0 bridgehead atoms. The fourth-order valence-corrected chi connectivity index (χ4v) is 3.68. The highest BCUT2D eigenvalue weighted by Crippen LogP contribution is 2.46. The Kier molecular flexibility index (Phi) is 4.71. The van der Waals surface area contributed by atoms with E-state index >= 15 is 0 Å². The van der Waals surface area contributed by atoms with E-state index in [0.29, 0.717) is 42.1 Å². The maximum absolute atomic E-state index is 12.3. The van der Waals surface area contributed by atoms with E-state index in [1.807, 2.05) is 0 Å². The molecule has 0 atom stereocenters. The van der Waals surface area contributed by atoms with Crippen molar-refractivity contribution in [3.05, 3.63) is 33.6 Å². The summed E-state index contributed by atoms with van der Waals surface area (Å²) in [6, 6.07) is 3.14. The van der Waals surface area contributed by atoms with Gasteiger partial charge in [0.1, 0.15) is 5.75 Å². The molecule has 2 aromatic rings. The first-order chi connectivity index (χ1) is 11.4. The summed E-state index contributed by atoms with van der Waals surface area (Å²) in [5.41, 5.74) is 9.67. The van der Waals surface area contributed by atoms with Crippen LogP contribution in [-0.4, -0.2) is 40.1 Å². The van der Waals surface area contributed by atoms with E-state index in [-0.39, 0.29) is 5.91 Å². The Morgan fingerprint density at radius 1 is 1.46 bits per heavy atom. The lowest BCUT2D eigenvalue weighted by Gasteiger charge is -2.14. The first-order valence-corrected chi connectivity index (χ1v) is 9.82. The standard InChI is InChI=1S/C14H16N3O5PS/c15-3-4-16-14(18)8-1-2-10(22-7-23(19,20)21)12-9(8)5-11-13(12)17-6-24-11/h1-2,6H,3-5,7,15H2,(H,16,18)(H2,19,20,21). The number of rotatable bonds is 6. The van der Waals surface area contributed by atoms with Crippen molar-refractivity contribution < 1.29 is 23.9 Å². The molecule has 10 heteroatoms. The predicted octanol–water partition coefficient (Wildman–Crippen LogP) is 0.917. The molecular formula is C14H16N3O5PS. The van der Waals surface area contributed by atoms with E-state index in [9.17, 15) is 9.36 Å². The molecule has 1 aliphatic rings. The third-order valence-corrected chi connectivity index (χ3v) is 4.85. The van der Waals surface area contributed by atoms with Crippen LogP contribution in [0.4, 0.5) is 0 Å². The highest BCUT2D eigenvalue weighted by atomic mass is 32.1. The van der Waals surface area contributed by atoms with Crippen molar-refractivity contribution in [2.24, 2.45) is 5.73 Å². The molecule has 5 N–H and O–H groups in total. The molecule has 24 heavy (non-hydrogen) atoms. The van der Waals surface area contributed by atoms with Gasteiger partial charge < -0.3 is 25.6 Å². The van der Waals surface area contributed by atoms with E-state index in [1.165, 1.54) is 11.3 Å². The van der Waals surface area contributed by atoms with Crippen molar-refractivity contribution in [3.8, 4) is 17.0 Å². The highest BCUT2D eigenvalue weighted by Gasteiger charge is 2.30. The van der Waals surface area contributed by atoms with Gasteiger partial charge in [-0.05, 0) is 17.7 Å². The van der Waals surface area contributed by atoms with Gasteiger partial charge >= 0.3 is 7.60 Å². The maximum Gasteiger partial charge on any atom is 0.362 e. The molecule has 128 valence electrons. The minimum absolute atomic E-state index is 0.242. The molecule has 0 spiro atoms. The molecule has 0 unspecified atom stereocenters. The Hall–Kier alpha value is -1.77. The summed E-state index contributed by atoms with van der Waals surface area (Å²) >= 11 is 1.47. The van der Waals surface area contributed by atoms with Crippen LogP contribution in [0.15, 0.2) is 17.6 Å². The van der Waals surface area contributed by atoms with Crippen LogP contribution < -0.4 is 15.8 Å². The highest BCUT2D eigenvalue weighted by molar-refractivity contribution is 7.51. The van der Waals surface area contributed by atoms with Crippen molar-refractivity contribution in [2.75, 3.05) is 19.4 Å². The molecule has 1 aromatic heterocycles. The summed E-state index contributed by atoms with van der Waals surface area (Å²) < 4.78 is 16.4. The number of thiazole rings is 1. The number of aromatic nitrogens is 1. The topological polar surface area (TPSA) is 135 Å². The van der Waals surface area contributed by atoms with E-state index in [1.54, 1.807) is 17.6 Å². The Bertz CT molecular complexity index is 832.